The third-order valence-corrected chi connectivity index (χ3v) is 3.97. The molecular formula is C19H25NO4. The van der Waals surface area contributed by atoms with Crippen LogP contribution in [0, 0.1) is 0 Å². The maximum absolute atomic E-state index is 10.7. The molecule has 1 atom stereocenters. The van der Waals surface area contributed by atoms with Crippen LogP contribution in [0.15, 0.2) is 42.5 Å². The standard InChI is InChI=1S/C19H25NO4/c1-14(2)20(11-10-19(22)23)12-16(21)13-24-18-9-5-7-15-6-3-4-8-17(15)18/h3-9,14,16,21H,10-13H2,1-2H3,(H,22,23). The Kier molecular flexibility index (Phi) is 6.58. The number of nitrogens with zero attached hydrogens (tertiary/aromatic N) is 1. The van der Waals surface area contributed by atoms with Crippen LogP contribution in [0.1, 0.15) is 20.3 Å². The lowest BCUT2D eigenvalue weighted by atomic mass is 10.1. The van der Waals surface area contributed by atoms with E-state index in [9.17, 15) is 9.90 Å². The predicted molar refractivity (Wildman–Crippen MR) is 94.4 cm³/mol. The van der Waals surface area contributed by atoms with Gasteiger partial charge in [0.15, 0.2) is 0 Å². The van der Waals surface area contributed by atoms with Crippen molar-refractivity contribution in [1.29, 1.82) is 0 Å². The molecule has 2 rings (SSSR count). The molecule has 0 spiro atoms. The second-order valence-electron chi connectivity index (χ2n) is 6.17. The Hall–Kier alpha value is -2.11. The molecule has 1 unspecified atom stereocenters. The number of rotatable bonds is 9. The van der Waals surface area contributed by atoms with E-state index in [1.165, 1.54) is 0 Å². The van der Waals surface area contributed by atoms with Gasteiger partial charge in [0.25, 0.3) is 0 Å². The zero-order chi connectivity index (χ0) is 17.5. The molecule has 0 amide bonds. The van der Waals surface area contributed by atoms with Crippen molar-refractivity contribution in [2.75, 3.05) is 19.7 Å². The number of benzene rings is 2. The molecule has 0 aliphatic carbocycles. The highest BCUT2D eigenvalue weighted by Crippen LogP contribution is 2.25. The Morgan fingerprint density at radius 3 is 2.58 bits per heavy atom. The monoisotopic (exact) mass is 331 g/mol. The smallest absolute Gasteiger partial charge is 0.304 e. The number of fused-ring (bicyclic) bond motifs is 1. The van der Waals surface area contributed by atoms with Crippen molar-refractivity contribution in [1.82, 2.24) is 4.90 Å². The van der Waals surface area contributed by atoms with Gasteiger partial charge in [0.1, 0.15) is 18.5 Å². The first-order valence-electron chi connectivity index (χ1n) is 8.22. The maximum Gasteiger partial charge on any atom is 0.304 e. The molecule has 0 saturated heterocycles. The molecule has 0 aliphatic rings. The largest absolute Gasteiger partial charge is 0.490 e. The fourth-order valence-corrected chi connectivity index (χ4v) is 2.63. The van der Waals surface area contributed by atoms with Gasteiger partial charge >= 0.3 is 5.97 Å². The van der Waals surface area contributed by atoms with Crippen LogP contribution >= 0.6 is 0 Å². The van der Waals surface area contributed by atoms with Crippen LogP contribution in [0.3, 0.4) is 0 Å². The Morgan fingerprint density at radius 1 is 1.17 bits per heavy atom. The molecule has 2 N–H and O–H groups in total. The van der Waals surface area contributed by atoms with E-state index < -0.39 is 12.1 Å². The average molecular weight is 331 g/mol. The number of hydrogen-bond acceptors (Lipinski definition) is 4. The Morgan fingerprint density at radius 2 is 1.88 bits per heavy atom. The number of aliphatic carboxylic acids is 1. The Bertz CT molecular complexity index is 666. The first kappa shape index (κ1) is 18.2. The van der Waals surface area contributed by atoms with Gasteiger partial charge in [-0.05, 0) is 25.3 Å². The molecule has 0 saturated carbocycles. The lowest BCUT2D eigenvalue weighted by Crippen LogP contribution is -2.40. The Balaban J connectivity index is 1.93. The summed E-state index contributed by atoms with van der Waals surface area (Å²) >= 11 is 0. The molecule has 130 valence electrons. The van der Waals surface area contributed by atoms with Crippen molar-refractivity contribution in [3.63, 3.8) is 0 Å². The van der Waals surface area contributed by atoms with E-state index in [4.69, 9.17) is 9.84 Å². The quantitative estimate of drug-likeness (QED) is 0.739. The number of hydrogen-bond donors (Lipinski definition) is 2. The molecule has 0 heterocycles. The summed E-state index contributed by atoms with van der Waals surface area (Å²) in [6.45, 7) is 4.94. The van der Waals surface area contributed by atoms with Crippen LogP contribution in [0.5, 0.6) is 5.75 Å². The predicted octanol–water partition coefficient (Wildman–Crippen LogP) is 2.76. The highest BCUT2D eigenvalue weighted by molar-refractivity contribution is 5.88. The summed E-state index contributed by atoms with van der Waals surface area (Å²) in [4.78, 5) is 12.7. The maximum atomic E-state index is 10.7. The van der Waals surface area contributed by atoms with Crippen molar-refractivity contribution < 1.29 is 19.7 Å². The molecule has 5 nitrogen and oxygen atoms in total. The first-order valence-corrected chi connectivity index (χ1v) is 8.22. The van der Waals surface area contributed by atoms with Crippen molar-refractivity contribution in [2.24, 2.45) is 0 Å². The summed E-state index contributed by atoms with van der Waals surface area (Å²) in [5.41, 5.74) is 0. The number of aliphatic hydroxyl groups excluding tert-OH is 1. The zero-order valence-electron chi connectivity index (χ0n) is 14.2. The normalized spacial score (nSPS) is 12.7. The van der Waals surface area contributed by atoms with Crippen LogP contribution in [0.4, 0.5) is 0 Å². The van der Waals surface area contributed by atoms with Gasteiger partial charge in [0.2, 0.25) is 0 Å². The topological polar surface area (TPSA) is 70.0 Å². The van der Waals surface area contributed by atoms with E-state index in [0.717, 1.165) is 16.5 Å². The summed E-state index contributed by atoms with van der Waals surface area (Å²) in [5, 5.41) is 21.2. The van der Waals surface area contributed by atoms with Gasteiger partial charge in [-0.15, -0.1) is 0 Å². The van der Waals surface area contributed by atoms with Crippen molar-refractivity contribution >= 4 is 16.7 Å². The third kappa shape index (κ3) is 5.22. The van der Waals surface area contributed by atoms with Crippen LogP contribution < -0.4 is 4.74 Å². The summed E-state index contributed by atoms with van der Waals surface area (Å²) < 4.78 is 5.79. The summed E-state index contributed by atoms with van der Waals surface area (Å²) in [7, 11) is 0. The van der Waals surface area contributed by atoms with Gasteiger partial charge in [-0.1, -0.05) is 36.4 Å². The molecule has 0 fully saturated rings. The second kappa shape index (κ2) is 8.66. The molecular weight excluding hydrogens is 306 g/mol. The zero-order valence-corrected chi connectivity index (χ0v) is 14.2. The molecule has 2 aromatic rings. The lowest BCUT2D eigenvalue weighted by molar-refractivity contribution is -0.137. The van der Waals surface area contributed by atoms with E-state index in [0.29, 0.717) is 13.1 Å². The first-order chi connectivity index (χ1) is 11.5. The minimum atomic E-state index is -0.831. The van der Waals surface area contributed by atoms with Gasteiger partial charge in [-0.2, -0.15) is 0 Å². The fraction of sp³-hybridized carbons (Fsp3) is 0.421. The summed E-state index contributed by atoms with van der Waals surface area (Å²) in [6, 6.07) is 13.9. The molecule has 2 aromatic carbocycles. The highest BCUT2D eigenvalue weighted by atomic mass is 16.5. The third-order valence-electron chi connectivity index (χ3n) is 3.97. The number of aliphatic hydroxyl groups is 1. The lowest BCUT2D eigenvalue weighted by Gasteiger charge is -2.28. The van der Waals surface area contributed by atoms with Crippen LogP contribution in [0.25, 0.3) is 10.8 Å². The van der Waals surface area contributed by atoms with Crippen LogP contribution in [0.2, 0.25) is 0 Å². The van der Waals surface area contributed by atoms with E-state index in [-0.39, 0.29) is 19.1 Å². The van der Waals surface area contributed by atoms with E-state index in [1.54, 1.807) is 0 Å². The second-order valence-corrected chi connectivity index (χ2v) is 6.17. The molecule has 0 aliphatic heterocycles. The molecule has 0 radical (unpaired) electrons. The fourth-order valence-electron chi connectivity index (χ4n) is 2.63. The van der Waals surface area contributed by atoms with Crippen molar-refractivity contribution in [3.05, 3.63) is 42.5 Å². The Labute approximate surface area is 142 Å². The van der Waals surface area contributed by atoms with E-state index in [1.807, 2.05) is 61.2 Å². The number of carboxylic acids is 1. The number of ether oxygens (including phenoxy) is 1. The minimum Gasteiger partial charge on any atom is -0.490 e. The average Bonchev–Trinajstić information content (AvgIpc) is 2.56. The summed E-state index contributed by atoms with van der Waals surface area (Å²) in [5.74, 6) is -0.0871. The van der Waals surface area contributed by atoms with Crippen LogP contribution in [-0.2, 0) is 4.79 Å². The number of carboxylic acid groups (broad SMARTS) is 1. The van der Waals surface area contributed by atoms with Crippen molar-refractivity contribution in [2.45, 2.75) is 32.4 Å². The van der Waals surface area contributed by atoms with E-state index in [2.05, 4.69) is 0 Å². The molecule has 0 bridgehead atoms. The van der Waals surface area contributed by atoms with Crippen LogP contribution in [-0.4, -0.2) is 52.9 Å². The van der Waals surface area contributed by atoms with Gasteiger partial charge < -0.3 is 14.9 Å². The SMILES string of the molecule is CC(C)N(CCC(=O)O)CC(O)COc1cccc2ccccc12. The summed E-state index contributed by atoms with van der Waals surface area (Å²) in [6.07, 6.45) is -0.616. The molecule has 0 aromatic heterocycles. The molecule has 5 heteroatoms. The van der Waals surface area contributed by atoms with Gasteiger partial charge in [0.05, 0.1) is 6.42 Å². The highest BCUT2D eigenvalue weighted by Gasteiger charge is 2.16. The van der Waals surface area contributed by atoms with Crippen molar-refractivity contribution in [3.8, 4) is 5.75 Å². The van der Waals surface area contributed by atoms with Gasteiger partial charge in [-0.25, -0.2) is 0 Å². The van der Waals surface area contributed by atoms with Gasteiger partial charge in [-0.3, -0.25) is 9.69 Å². The van der Waals surface area contributed by atoms with E-state index >= 15 is 0 Å². The number of carbonyl (C=O) groups is 1. The minimum absolute atomic E-state index is 0.0646. The van der Waals surface area contributed by atoms with Gasteiger partial charge in [0, 0.05) is 24.5 Å². The molecule has 24 heavy (non-hydrogen) atoms.